The van der Waals surface area contributed by atoms with Crippen molar-refractivity contribution in [3.05, 3.63) is 6.54 Å². The Balaban J connectivity index is -0.0000000533. The molecule has 0 rings (SSSR count). The van der Waals surface area contributed by atoms with Crippen LogP contribution in [0.1, 0.15) is 34.6 Å². The first-order chi connectivity index (χ1) is 4.09. The van der Waals surface area contributed by atoms with Gasteiger partial charge >= 0.3 is 0 Å². The molecule has 0 saturated heterocycles. The van der Waals surface area contributed by atoms with Crippen LogP contribution < -0.4 is 0 Å². The van der Waals surface area contributed by atoms with E-state index in [2.05, 4.69) is 46.1 Å². The molecule has 13 heavy (non-hydrogen) atoms. The molecule has 1 nitrogen and oxygen atoms in total. The van der Waals surface area contributed by atoms with Gasteiger partial charge < -0.3 is 4.90 Å². The van der Waals surface area contributed by atoms with Gasteiger partial charge in [-0.2, -0.15) is 6.92 Å². The molecule has 0 heterocycles. The van der Waals surface area contributed by atoms with E-state index in [1.54, 1.807) is 0 Å². The summed E-state index contributed by atoms with van der Waals surface area (Å²) in [6.07, 6.45) is 0. The molecule has 0 spiro atoms. The molecule has 0 saturated carbocycles. The van der Waals surface area contributed by atoms with Crippen LogP contribution in [0.4, 0.5) is 0 Å². The summed E-state index contributed by atoms with van der Waals surface area (Å²) in [5, 5.41) is 0. The third-order valence-electron chi connectivity index (χ3n) is 1.49. The second-order valence-corrected chi connectivity index (χ2v) is 2.89. The van der Waals surface area contributed by atoms with Gasteiger partial charge in [0.15, 0.2) is 0 Å². The minimum atomic E-state index is 0. The van der Waals surface area contributed by atoms with Crippen molar-refractivity contribution in [2.75, 3.05) is 0 Å². The van der Waals surface area contributed by atoms with Crippen LogP contribution in [0.25, 0.3) is 0 Å². The van der Waals surface area contributed by atoms with Gasteiger partial charge in [-0.15, -0.1) is 37.2 Å². The molecular formula is C8H21Cl3NTi-. The van der Waals surface area contributed by atoms with Gasteiger partial charge in [0, 0.05) is 21.7 Å². The minimum Gasteiger partial charge on any atom is -0.452 e. The third-order valence-corrected chi connectivity index (χ3v) is 1.49. The summed E-state index contributed by atoms with van der Waals surface area (Å²) in [7, 11) is 0. The summed E-state index contributed by atoms with van der Waals surface area (Å²) >= 11 is 0. The summed E-state index contributed by atoms with van der Waals surface area (Å²) in [5.74, 6) is 0. The van der Waals surface area contributed by atoms with E-state index in [0.717, 1.165) is 0 Å². The molecule has 84 valence electrons. The Morgan fingerprint density at radius 3 is 1.08 bits per heavy atom. The van der Waals surface area contributed by atoms with E-state index < -0.39 is 0 Å². The van der Waals surface area contributed by atoms with Gasteiger partial charge in [-0.1, -0.05) is 27.7 Å². The van der Waals surface area contributed by atoms with Crippen LogP contribution in [0.3, 0.4) is 0 Å². The maximum Gasteiger partial charge on any atom is 0 e. The Morgan fingerprint density at radius 1 is 0.846 bits per heavy atom. The van der Waals surface area contributed by atoms with Crippen LogP contribution in [-0.4, -0.2) is 17.0 Å². The molecule has 0 atom stereocenters. The van der Waals surface area contributed by atoms with Crippen molar-refractivity contribution in [3.8, 4) is 0 Å². The standard InChI is InChI=1S/C8H18N.3ClH.Ti/c1-6-9(7(2)3)8(4)5;;;;/h6-8H,1-5H3;3*1H;/q-1;;;;. The van der Waals surface area contributed by atoms with Gasteiger partial charge in [-0.05, 0) is 12.1 Å². The van der Waals surface area contributed by atoms with Crippen LogP contribution in [0.2, 0.25) is 0 Å². The van der Waals surface area contributed by atoms with E-state index in [1.807, 2.05) is 0 Å². The number of nitrogens with zero attached hydrogens (tertiary/aromatic N) is 1. The predicted molar refractivity (Wildman–Crippen MR) is 63.8 cm³/mol. The molecule has 0 aromatic rings. The average Bonchev–Trinajstić information content (AvgIpc) is 1.64. The molecule has 5 heteroatoms. The van der Waals surface area contributed by atoms with E-state index in [4.69, 9.17) is 0 Å². The molecule has 0 aromatic heterocycles. The fraction of sp³-hybridized carbons (Fsp3) is 0.875. The number of rotatable bonds is 3. The fourth-order valence-electron chi connectivity index (χ4n) is 1.19. The molecule has 0 N–H and O–H groups in total. The zero-order valence-corrected chi connectivity index (χ0v) is 12.9. The zero-order valence-electron chi connectivity index (χ0n) is 8.90. The van der Waals surface area contributed by atoms with Gasteiger partial charge in [0.2, 0.25) is 0 Å². The monoisotopic (exact) mass is 284 g/mol. The maximum atomic E-state index is 2.33. The Morgan fingerprint density at radius 2 is 1.08 bits per heavy atom. The molecule has 0 aromatic carbocycles. The largest absolute Gasteiger partial charge is 0.452 e. The van der Waals surface area contributed by atoms with Crippen molar-refractivity contribution in [2.45, 2.75) is 46.7 Å². The van der Waals surface area contributed by atoms with E-state index in [1.165, 1.54) is 0 Å². The van der Waals surface area contributed by atoms with Crippen molar-refractivity contribution >= 4 is 37.2 Å². The van der Waals surface area contributed by atoms with Crippen LogP contribution in [0.5, 0.6) is 0 Å². The Labute approximate surface area is 117 Å². The number of hydrogen-bond acceptors (Lipinski definition) is 1. The molecule has 0 aliphatic heterocycles. The summed E-state index contributed by atoms with van der Waals surface area (Å²) in [4.78, 5) is 2.33. The van der Waals surface area contributed by atoms with Gasteiger partial charge in [0.1, 0.15) is 0 Å². The molecule has 0 fully saturated rings. The second-order valence-electron chi connectivity index (χ2n) is 2.89. The van der Waals surface area contributed by atoms with Crippen molar-refractivity contribution in [2.24, 2.45) is 0 Å². The van der Waals surface area contributed by atoms with Crippen LogP contribution in [0.15, 0.2) is 0 Å². The van der Waals surface area contributed by atoms with Crippen molar-refractivity contribution in [1.82, 2.24) is 4.90 Å². The second kappa shape index (κ2) is 16.0. The summed E-state index contributed by atoms with van der Waals surface area (Å²) in [6.45, 7) is 13.1. The number of halogens is 3. The van der Waals surface area contributed by atoms with Gasteiger partial charge in [-0.25, -0.2) is 0 Å². The normalized spacial score (nSPS) is 8.31. The summed E-state index contributed by atoms with van der Waals surface area (Å²) in [5.41, 5.74) is 0. The third kappa shape index (κ3) is 13.5. The van der Waals surface area contributed by atoms with Gasteiger partial charge in [-0.3, -0.25) is 6.54 Å². The van der Waals surface area contributed by atoms with E-state index in [-0.39, 0.29) is 58.9 Å². The van der Waals surface area contributed by atoms with Crippen molar-refractivity contribution in [1.29, 1.82) is 0 Å². The molecule has 0 aliphatic carbocycles. The van der Waals surface area contributed by atoms with Gasteiger partial charge in [0.25, 0.3) is 0 Å². The Bertz CT molecular complexity index is 73.8. The zero-order chi connectivity index (χ0) is 7.44. The van der Waals surface area contributed by atoms with Crippen LogP contribution >= 0.6 is 37.2 Å². The van der Waals surface area contributed by atoms with Crippen molar-refractivity contribution < 1.29 is 21.7 Å². The van der Waals surface area contributed by atoms with E-state index in [9.17, 15) is 0 Å². The first-order valence-corrected chi connectivity index (χ1v) is 3.66. The quantitative estimate of drug-likeness (QED) is 0.566. The van der Waals surface area contributed by atoms with Crippen molar-refractivity contribution in [3.63, 3.8) is 0 Å². The first kappa shape index (κ1) is 29.3. The fourth-order valence-corrected chi connectivity index (χ4v) is 1.19. The summed E-state index contributed by atoms with van der Waals surface area (Å²) < 4.78 is 0. The molecule has 0 bridgehead atoms. The summed E-state index contributed by atoms with van der Waals surface area (Å²) in [6, 6.07) is 1.27. The Kier molecular flexibility index (Phi) is 36.0. The molecule has 0 unspecified atom stereocenters. The molecule has 0 amide bonds. The average molecular weight is 285 g/mol. The Hall–Kier alpha value is 1.54. The molecule has 0 radical (unpaired) electrons. The SMILES string of the molecule is C[CH-]N(C(C)C)C(C)C.Cl.Cl.Cl.[Ti]. The number of hydrogen-bond donors (Lipinski definition) is 0. The molecule has 0 aliphatic rings. The van der Waals surface area contributed by atoms with Gasteiger partial charge in [0.05, 0.1) is 0 Å². The first-order valence-electron chi connectivity index (χ1n) is 3.66. The predicted octanol–water partition coefficient (Wildman–Crippen LogP) is 3.55. The maximum absolute atomic E-state index is 2.33. The smallest absolute Gasteiger partial charge is 0 e. The van der Waals surface area contributed by atoms with E-state index >= 15 is 0 Å². The topological polar surface area (TPSA) is 3.24 Å². The van der Waals surface area contributed by atoms with Crippen LogP contribution in [-0.2, 0) is 21.7 Å². The van der Waals surface area contributed by atoms with E-state index in [0.29, 0.717) is 12.1 Å². The van der Waals surface area contributed by atoms with Crippen LogP contribution in [0, 0.1) is 6.54 Å². The molecular weight excluding hydrogens is 264 g/mol. The minimum absolute atomic E-state index is 0.